The number of anilines is 1. The molecule has 0 spiro atoms. The van der Waals surface area contributed by atoms with Crippen molar-refractivity contribution >= 4 is 11.6 Å². The highest BCUT2D eigenvalue weighted by atomic mass is 16.5. The zero-order chi connectivity index (χ0) is 20.1. The van der Waals surface area contributed by atoms with Crippen molar-refractivity contribution in [1.82, 2.24) is 0 Å². The molecule has 0 fully saturated rings. The van der Waals surface area contributed by atoms with E-state index in [1.165, 1.54) is 5.56 Å². The SMILES string of the molecule is COc1cc(C)c(C[NH+](C)[C@@H](C)C(=O)Nc2ccc(C)cc2C)cc1OC. The van der Waals surface area contributed by atoms with Crippen LogP contribution in [0.2, 0.25) is 0 Å². The molecule has 2 atom stereocenters. The van der Waals surface area contributed by atoms with E-state index < -0.39 is 0 Å². The Labute approximate surface area is 162 Å². The monoisotopic (exact) mass is 371 g/mol. The lowest BCUT2D eigenvalue weighted by Gasteiger charge is -2.23. The summed E-state index contributed by atoms with van der Waals surface area (Å²) in [4.78, 5) is 13.8. The molecular weight excluding hydrogens is 340 g/mol. The van der Waals surface area contributed by atoms with Gasteiger partial charge in [-0.15, -0.1) is 0 Å². The van der Waals surface area contributed by atoms with Gasteiger partial charge in [0.1, 0.15) is 6.54 Å². The van der Waals surface area contributed by atoms with Crippen molar-refractivity contribution in [3.8, 4) is 11.5 Å². The fourth-order valence-electron chi connectivity index (χ4n) is 3.09. The van der Waals surface area contributed by atoms with Crippen LogP contribution < -0.4 is 19.7 Å². The normalized spacial score (nSPS) is 13.0. The number of nitrogens with one attached hydrogen (secondary N) is 2. The Balaban J connectivity index is 2.10. The zero-order valence-electron chi connectivity index (χ0n) is 17.4. The predicted octanol–water partition coefficient (Wildman–Crippen LogP) is 2.67. The third kappa shape index (κ3) is 5.01. The lowest BCUT2D eigenvalue weighted by molar-refractivity contribution is -0.907. The van der Waals surface area contributed by atoms with Crippen LogP contribution >= 0.6 is 0 Å². The Bertz CT molecular complexity index is 817. The van der Waals surface area contributed by atoms with E-state index in [-0.39, 0.29) is 11.9 Å². The summed E-state index contributed by atoms with van der Waals surface area (Å²) in [6.07, 6.45) is 0. The number of ether oxygens (including phenoxy) is 2. The van der Waals surface area contributed by atoms with Crippen molar-refractivity contribution in [3.05, 3.63) is 52.6 Å². The van der Waals surface area contributed by atoms with Gasteiger partial charge in [0.15, 0.2) is 17.5 Å². The number of aryl methyl sites for hydroxylation is 3. The lowest BCUT2D eigenvalue weighted by Crippen LogP contribution is -3.12. The molecular formula is C22H31N2O3+. The number of amides is 1. The molecule has 27 heavy (non-hydrogen) atoms. The molecule has 0 aliphatic carbocycles. The van der Waals surface area contributed by atoms with Crippen molar-refractivity contribution in [2.24, 2.45) is 0 Å². The molecule has 0 heterocycles. The first-order chi connectivity index (χ1) is 12.8. The highest BCUT2D eigenvalue weighted by Crippen LogP contribution is 2.29. The molecule has 146 valence electrons. The first-order valence-corrected chi connectivity index (χ1v) is 9.18. The number of hydrogen-bond donors (Lipinski definition) is 2. The molecule has 5 heteroatoms. The van der Waals surface area contributed by atoms with Gasteiger partial charge in [-0.05, 0) is 57.0 Å². The Kier molecular flexibility index (Phi) is 6.86. The molecule has 0 aliphatic heterocycles. The van der Waals surface area contributed by atoms with E-state index >= 15 is 0 Å². The van der Waals surface area contributed by atoms with Gasteiger partial charge in [0, 0.05) is 11.3 Å². The summed E-state index contributed by atoms with van der Waals surface area (Å²) >= 11 is 0. The van der Waals surface area contributed by atoms with Gasteiger partial charge in [-0.2, -0.15) is 0 Å². The van der Waals surface area contributed by atoms with Gasteiger partial charge in [-0.1, -0.05) is 17.7 Å². The minimum atomic E-state index is -0.196. The van der Waals surface area contributed by atoms with Gasteiger partial charge >= 0.3 is 0 Å². The second-order valence-electron chi connectivity index (χ2n) is 7.19. The van der Waals surface area contributed by atoms with Crippen LogP contribution in [0, 0.1) is 20.8 Å². The van der Waals surface area contributed by atoms with Crippen LogP contribution in [-0.2, 0) is 11.3 Å². The van der Waals surface area contributed by atoms with Crippen molar-refractivity contribution < 1.29 is 19.2 Å². The quantitative estimate of drug-likeness (QED) is 0.787. The standard InChI is InChI=1S/C22H30N2O3/c1-14-8-9-19(16(3)10-14)23-22(25)17(4)24(5)13-18-12-21(27-7)20(26-6)11-15(18)2/h8-12,17H,13H2,1-7H3,(H,23,25)/p+1/t17-/m0/s1. The minimum Gasteiger partial charge on any atom is -0.493 e. The third-order valence-electron chi connectivity index (χ3n) is 5.08. The van der Waals surface area contributed by atoms with E-state index in [9.17, 15) is 4.79 Å². The first kappa shape index (κ1) is 20.8. The number of carbonyl (C=O) groups excluding carboxylic acids is 1. The van der Waals surface area contributed by atoms with E-state index in [0.29, 0.717) is 12.3 Å². The van der Waals surface area contributed by atoms with Crippen LogP contribution in [0.15, 0.2) is 30.3 Å². The number of rotatable bonds is 7. The fourth-order valence-corrected chi connectivity index (χ4v) is 3.09. The molecule has 0 saturated heterocycles. The maximum atomic E-state index is 12.7. The molecule has 5 nitrogen and oxygen atoms in total. The Morgan fingerprint density at radius 3 is 2.26 bits per heavy atom. The molecule has 1 unspecified atom stereocenters. The van der Waals surface area contributed by atoms with E-state index in [0.717, 1.165) is 33.0 Å². The summed E-state index contributed by atoms with van der Waals surface area (Å²) in [5, 5.41) is 3.05. The highest BCUT2D eigenvalue weighted by Gasteiger charge is 2.23. The molecule has 2 aromatic rings. The number of quaternary nitrogens is 1. The van der Waals surface area contributed by atoms with Gasteiger partial charge in [0.2, 0.25) is 0 Å². The van der Waals surface area contributed by atoms with E-state index in [1.807, 2.05) is 59.0 Å². The zero-order valence-corrected chi connectivity index (χ0v) is 17.4. The Morgan fingerprint density at radius 1 is 1.04 bits per heavy atom. The minimum absolute atomic E-state index is 0.0117. The van der Waals surface area contributed by atoms with Crippen molar-refractivity contribution in [2.45, 2.75) is 40.3 Å². The van der Waals surface area contributed by atoms with Gasteiger partial charge in [-0.3, -0.25) is 4.79 Å². The molecule has 0 bridgehead atoms. The molecule has 1 amide bonds. The van der Waals surface area contributed by atoms with Crippen molar-refractivity contribution in [1.29, 1.82) is 0 Å². The highest BCUT2D eigenvalue weighted by molar-refractivity contribution is 5.94. The van der Waals surface area contributed by atoms with Crippen LogP contribution in [0.4, 0.5) is 5.69 Å². The topological polar surface area (TPSA) is 52.0 Å². The van der Waals surface area contributed by atoms with Gasteiger partial charge < -0.3 is 19.7 Å². The van der Waals surface area contributed by atoms with Crippen LogP contribution in [0.1, 0.15) is 29.2 Å². The summed E-state index contributed by atoms with van der Waals surface area (Å²) in [5.74, 6) is 1.44. The summed E-state index contributed by atoms with van der Waals surface area (Å²) < 4.78 is 10.8. The molecule has 0 aromatic heterocycles. The molecule has 2 aromatic carbocycles. The molecule has 0 aliphatic rings. The molecule has 2 rings (SSSR count). The van der Waals surface area contributed by atoms with Gasteiger partial charge in [0.05, 0.1) is 21.3 Å². The second-order valence-corrected chi connectivity index (χ2v) is 7.19. The lowest BCUT2D eigenvalue weighted by atomic mass is 10.1. The predicted molar refractivity (Wildman–Crippen MR) is 109 cm³/mol. The Hall–Kier alpha value is -2.53. The maximum absolute atomic E-state index is 12.7. The molecule has 2 N–H and O–H groups in total. The summed E-state index contributed by atoms with van der Waals surface area (Å²) in [5.41, 5.74) is 5.38. The van der Waals surface area contributed by atoms with Crippen LogP contribution in [0.25, 0.3) is 0 Å². The van der Waals surface area contributed by atoms with Crippen LogP contribution in [-0.4, -0.2) is 33.2 Å². The van der Waals surface area contributed by atoms with Gasteiger partial charge in [-0.25, -0.2) is 0 Å². The number of benzene rings is 2. The first-order valence-electron chi connectivity index (χ1n) is 9.18. The third-order valence-corrected chi connectivity index (χ3v) is 5.08. The van der Waals surface area contributed by atoms with E-state index in [1.54, 1.807) is 14.2 Å². The largest absolute Gasteiger partial charge is 0.493 e. The number of likely N-dealkylation sites (N-methyl/N-ethyl adjacent to an activating group) is 1. The molecule has 0 saturated carbocycles. The average molecular weight is 372 g/mol. The summed E-state index contributed by atoms with van der Waals surface area (Å²) in [7, 11) is 5.30. The number of methoxy groups -OCH3 is 2. The second kappa shape index (κ2) is 8.91. The fraction of sp³-hybridized carbons (Fsp3) is 0.409. The van der Waals surface area contributed by atoms with Gasteiger partial charge in [0.25, 0.3) is 5.91 Å². The number of carbonyl (C=O) groups is 1. The smallest absolute Gasteiger partial charge is 0.282 e. The maximum Gasteiger partial charge on any atom is 0.282 e. The van der Waals surface area contributed by atoms with Crippen molar-refractivity contribution in [2.75, 3.05) is 26.6 Å². The molecule has 0 radical (unpaired) electrons. The average Bonchev–Trinajstić information content (AvgIpc) is 2.64. The van der Waals surface area contributed by atoms with Crippen molar-refractivity contribution in [3.63, 3.8) is 0 Å². The van der Waals surface area contributed by atoms with Crippen LogP contribution in [0.3, 0.4) is 0 Å². The number of hydrogen-bond acceptors (Lipinski definition) is 3. The van der Waals surface area contributed by atoms with Crippen LogP contribution in [0.5, 0.6) is 11.5 Å². The Morgan fingerprint density at radius 2 is 1.67 bits per heavy atom. The summed E-state index contributed by atoms with van der Waals surface area (Å²) in [6.45, 7) is 8.77. The summed E-state index contributed by atoms with van der Waals surface area (Å²) in [6, 6.07) is 9.82. The van der Waals surface area contributed by atoms with E-state index in [2.05, 4.69) is 11.4 Å². The van der Waals surface area contributed by atoms with E-state index in [4.69, 9.17) is 9.47 Å².